The highest BCUT2D eigenvalue weighted by molar-refractivity contribution is 5.98. The van der Waals surface area contributed by atoms with Crippen LogP contribution in [-0.4, -0.2) is 53.8 Å². The molecule has 0 spiro atoms. The van der Waals surface area contributed by atoms with Gasteiger partial charge in [0, 0.05) is 12.8 Å². The number of benzene rings is 2. The predicted octanol–water partition coefficient (Wildman–Crippen LogP) is 4.16. The van der Waals surface area contributed by atoms with Crippen molar-refractivity contribution in [2.24, 2.45) is 11.8 Å². The zero-order chi connectivity index (χ0) is 30.7. The summed E-state index contributed by atoms with van der Waals surface area (Å²) >= 11 is 0. The Hall–Kier alpha value is -3.52. The van der Waals surface area contributed by atoms with Crippen LogP contribution >= 0.6 is 0 Å². The first-order chi connectivity index (χ1) is 20.0. The molecule has 1 unspecified atom stereocenters. The number of Topliss-reactive ketones (excluding diaryl/α,β-unsaturated/α-hetero) is 1. The molecule has 0 saturated carbocycles. The first-order valence-corrected chi connectivity index (χ1v) is 15.1. The van der Waals surface area contributed by atoms with Crippen LogP contribution in [0.5, 0.6) is 0 Å². The molecule has 1 aliphatic rings. The number of aryl methyl sites for hydroxylation is 1. The van der Waals surface area contributed by atoms with Crippen molar-refractivity contribution in [3.05, 3.63) is 71.8 Å². The Labute approximate surface area is 250 Å². The standard InChI is InChI=1S/C34H47N3O5/c1-23(2)19-27(31(39)34(5)22-42-34)36-33(41)29(21-26-15-10-7-11-16-26)37-32(40)28(20-24(3)4)35-30(38)18-12-17-25-13-8-6-9-14-25/h6-11,13-16,23-24,27-29H,12,17-22H2,1-5H3,(H,35,38)(H,36,41)(H,37,40)/t27-,28+,29+,34?/m1/s1. The van der Waals surface area contributed by atoms with Crippen LogP contribution in [0.25, 0.3) is 0 Å². The summed E-state index contributed by atoms with van der Waals surface area (Å²) in [7, 11) is 0. The van der Waals surface area contributed by atoms with Gasteiger partial charge in [0.25, 0.3) is 0 Å². The minimum absolute atomic E-state index is 0.138. The molecular weight excluding hydrogens is 530 g/mol. The lowest BCUT2D eigenvalue weighted by molar-refractivity contribution is -0.134. The average molecular weight is 578 g/mol. The van der Waals surface area contributed by atoms with Gasteiger partial charge in [0.15, 0.2) is 5.78 Å². The summed E-state index contributed by atoms with van der Waals surface area (Å²) < 4.78 is 5.37. The van der Waals surface area contributed by atoms with E-state index in [1.165, 1.54) is 0 Å². The normalized spacial score (nSPS) is 18.2. The number of ether oxygens (including phenoxy) is 1. The SMILES string of the molecule is CC(C)C[C@H](NC(=O)CCCc1ccccc1)C(=O)N[C@@H](Cc1ccccc1)C(=O)N[C@H](CC(C)C)C(=O)C1(C)CO1. The van der Waals surface area contributed by atoms with Crippen LogP contribution in [0.15, 0.2) is 60.7 Å². The summed E-state index contributed by atoms with van der Waals surface area (Å²) in [6.45, 7) is 10.0. The second kappa shape index (κ2) is 15.6. The minimum Gasteiger partial charge on any atom is -0.361 e. The summed E-state index contributed by atoms with van der Waals surface area (Å²) in [6, 6.07) is 16.9. The van der Waals surface area contributed by atoms with Crippen molar-refractivity contribution in [2.45, 2.75) is 96.9 Å². The lowest BCUT2D eigenvalue weighted by atomic mass is 9.93. The first-order valence-electron chi connectivity index (χ1n) is 15.1. The number of carbonyl (C=O) groups excluding carboxylic acids is 4. The number of epoxide rings is 1. The van der Waals surface area contributed by atoms with E-state index in [0.29, 0.717) is 32.3 Å². The molecule has 0 radical (unpaired) electrons. The molecule has 2 aromatic rings. The lowest BCUT2D eigenvalue weighted by Gasteiger charge is -2.27. The third kappa shape index (κ3) is 10.7. The summed E-state index contributed by atoms with van der Waals surface area (Å²) in [5, 5.41) is 8.72. The number of ketones is 1. The highest BCUT2D eigenvalue weighted by atomic mass is 16.6. The van der Waals surface area contributed by atoms with Crippen LogP contribution < -0.4 is 16.0 Å². The van der Waals surface area contributed by atoms with Gasteiger partial charge in [0.2, 0.25) is 17.7 Å². The summed E-state index contributed by atoms with van der Waals surface area (Å²) in [5.41, 5.74) is 1.15. The first kappa shape index (κ1) is 33.0. The van der Waals surface area contributed by atoms with Crippen LogP contribution in [0.2, 0.25) is 0 Å². The van der Waals surface area contributed by atoms with Crippen LogP contribution in [0, 0.1) is 11.8 Å². The molecule has 0 aromatic heterocycles. The van der Waals surface area contributed by atoms with E-state index in [4.69, 9.17) is 4.74 Å². The molecule has 3 N–H and O–H groups in total. The topological polar surface area (TPSA) is 117 Å². The van der Waals surface area contributed by atoms with Gasteiger partial charge in [0.1, 0.15) is 17.7 Å². The molecule has 0 bridgehead atoms. The zero-order valence-corrected chi connectivity index (χ0v) is 25.7. The number of nitrogens with one attached hydrogen (secondary N) is 3. The maximum atomic E-state index is 13.7. The van der Waals surface area contributed by atoms with Crippen molar-refractivity contribution in [3.63, 3.8) is 0 Å². The van der Waals surface area contributed by atoms with Crippen molar-refractivity contribution in [3.8, 4) is 0 Å². The van der Waals surface area contributed by atoms with Gasteiger partial charge in [-0.15, -0.1) is 0 Å². The van der Waals surface area contributed by atoms with Gasteiger partial charge in [-0.25, -0.2) is 0 Å². The molecule has 0 aliphatic carbocycles. The van der Waals surface area contributed by atoms with E-state index in [0.717, 1.165) is 17.5 Å². The molecule has 1 fully saturated rings. The molecular formula is C34H47N3O5. The average Bonchev–Trinajstić information content (AvgIpc) is 3.70. The fraction of sp³-hybridized carbons (Fsp3) is 0.529. The Bertz CT molecular complexity index is 1180. The van der Waals surface area contributed by atoms with Crippen molar-refractivity contribution in [1.82, 2.24) is 16.0 Å². The van der Waals surface area contributed by atoms with E-state index >= 15 is 0 Å². The number of carbonyl (C=O) groups is 4. The van der Waals surface area contributed by atoms with E-state index in [9.17, 15) is 19.2 Å². The van der Waals surface area contributed by atoms with Crippen molar-refractivity contribution in [2.75, 3.05) is 6.61 Å². The third-order valence-corrected chi connectivity index (χ3v) is 7.43. The highest BCUT2D eigenvalue weighted by Crippen LogP contribution is 2.29. The monoisotopic (exact) mass is 577 g/mol. The van der Waals surface area contributed by atoms with Gasteiger partial charge < -0.3 is 20.7 Å². The Morgan fingerprint density at radius 3 is 1.79 bits per heavy atom. The highest BCUT2D eigenvalue weighted by Gasteiger charge is 2.50. The van der Waals surface area contributed by atoms with E-state index in [1.54, 1.807) is 6.92 Å². The maximum absolute atomic E-state index is 13.7. The fourth-order valence-electron chi connectivity index (χ4n) is 4.99. The number of hydrogen-bond donors (Lipinski definition) is 3. The lowest BCUT2D eigenvalue weighted by Crippen LogP contribution is -2.57. The molecule has 4 atom stereocenters. The largest absolute Gasteiger partial charge is 0.361 e. The molecule has 8 heteroatoms. The Kier molecular flexibility index (Phi) is 12.3. The number of amides is 3. The fourth-order valence-corrected chi connectivity index (χ4v) is 4.99. The Balaban J connectivity index is 1.71. The maximum Gasteiger partial charge on any atom is 0.243 e. The number of rotatable bonds is 17. The second-order valence-electron chi connectivity index (χ2n) is 12.4. The third-order valence-electron chi connectivity index (χ3n) is 7.43. The molecule has 228 valence electrons. The quantitative estimate of drug-likeness (QED) is 0.244. The molecule has 1 saturated heterocycles. The second-order valence-corrected chi connectivity index (χ2v) is 12.4. The molecule has 1 heterocycles. The van der Waals surface area contributed by atoms with Crippen molar-refractivity contribution >= 4 is 23.5 Å². The van der Waals surface area contributed by atoms with Gasteiger partial charge in [0.05, 0.1) is 12.6 Å². The molecule has 1 aliphatic heterocycles. The molecule has 42 heavy (non-hydrogen) atoms. The van der Waals surface area contributed by atoms with Gasteiger partial charge >= 0.3 is 0 Å². The summed E-state index contributed by atoms with van der Waals surface area (Å²) in [6.07, 6.45) is 2.87. The van der Waals surface area contributed by atoms with Crippen molar-refractivity contribution < 1.29 is 23.9 Å². The van der Waals surface area contributed by atoms with Crippen LogP contribution in [0.1, 0.15) is 71.4 Å². The van der Waals surface area contributed by atoms with Crippen LogP contribution in [0.4, 0.5) is 0 Å². The molecule has 3 amide bonds. The van der Waals surface area contributed by atoms with Crippen LogP contribution in [0.3, 0.4) is 0 Å². The summed E-state index contributed by atoms with van der Waals surface area (Å²) in [4.78, 5) is 53.3. The van der Waals surface area contributed by atoms with Crippen LogP contribution in [-0.2, 0) is 36.8 Å². The van der Waals surface area contributed by atoms with E-state index in [2.05, 4.69) is 16.0 Å². The Morgan fingerprint density at radius 1 is 0.738 bits per heavy atom. The van der Waals surface area contributed by atoms with Gasteiger partial charge in [-0.2, -0.15) is 0 Å². The molecule has 2 aromatic carbocycles. The summed E-state index contributed by atoms with van der Waals surface area (Å²) in [5.74, 6) is -0.908. The Morgan fingerprint density at radius 2 is 1.24 bits per heavy atom. The number of hydrogen-bond acceptors (Lipinski definition) is 5. The van der Waals surface area contributed by atoms with Crippen molar-refractivity contribution in [1.29, 1.82) is 0 Å². The van der Waals surface area contributed by atoms with Gasteiger partial charge in [-0.1, -0.05) is 88.4 Å². The zero-order valence-electron chi connectivity index (χ0n) is 25.7. The van der Waals surface area contributed by atoms with E-state index in [-0.39, 0.29) is 29.9 Å². The predicted molar refractivity (Wildman–Crippen MR) is 164 cm³/mol. The molecule has 3 rings (SSSR count). The minimum atomic E-state index is -0.931. The van der Waals surface area contributed by atoms with E-state index in [1.807, 2.05) is 88.4 Å². The van der Waals surface area contributed by atoms with E-state index < -0.39 is 35.5 Å². The molecule has 8 nitrogen and oxygen atoms in total. The van der Waals surface area contributed by atoms with Gasteiger partial charge in [-0.05, 0) is 55.6 Å². The smallest absolute Gasteiger partial charge is 0.243 e. The van der Waals surface area contributed by atoms with Gasteiger partial charge in [-0.3, -0.25) is 19.2 Å².